The molecule has 3 aromatic carbocycles. The molecule has 200 valence electrons. The molecule has 10 heteroatoms. The van der Waals surface area contributed by atoms with Gasteiger partial charge >= 0.3 is 0 Å². The van der Waals surface area contributed by atoms with Crippen LogP contribution in [-0.4, -0.2) is 41.8 Å². The number of ether oxygens (including phenoxy) is 2. The van der Waals surface area contributed by atoms with Gasteiger partial charge in [-0.15, -0.1) is 0 Å². The second kappa shape index (κ2) is 12.5. The Kier molecular flexibility index (Phi) is 9.09. The van der Waals surface area contributed by atoms with Gasteiger partial charge in [0.1, 0.15) is 23.5 Å². The van der Waals surface area contributed by atoms with E-state index in [9.17, 15) is 13.6 Å². The van der Waals surface area contributed by atoms with Gasteiger partial charge in [-0.25, -0.2) is 19.2 Å². The average Bonchev–Trinajstić information content (AvgIpc) is 3.24. The molecule has 0 unspecified atom stereocenters. The van der Waals surface area contributed by atoms with Gasteiger partial charge in [0.2, 0.25) is 5.90 Å². The molecule has 38 heavy (non-hydrogen) atoms. The summed E-state index contributed by atoms with van der Waals surface area (Å²) in [6.45, 7) is 2.18. The summed E-state index contributed by atoms with van der Waals surface area (Å²) in [6.07, 6.45) is 0.137. The third kappa shape index (κ3) is 6.38. The maximum Gasteiger partial charge on any atom is 0.266 e. The van der Waals surface area contributed by atoms with Crippen LogP contribution >= 0.6 is 15.9 Å². The zero-order valence-corrected chi connectivity index (χ0v) is 22.3. The molecule has 2 atom stereocenters. The fraction of sp³-hybridized carbons (Fsp3) is 0.286. The molecule has 0 aliphatic carbocycles. The number of nitrogens with zero attached hydrogens (tertiary/aromatic N) is 1. The third-order valence-corrected chi connectivity index (χ3v) is 7.01. The minimum absolute atomic E-state index is 0.0491. The highest BCUT2D eigenvalue weighted by Gasteiger charge is 2.50. The predicted octanol–water partition coefficient (Wildman–Crippen LogP) is 4.46. The van der Waals surface area contributed by atoms with Crippen LogP contribution < -0.4 is 15.6 Å². The van der Waals surface area contributed by atoms with Gasteiger partial charge in [0.25, 0.3) is 5.91 Å². The van der Waals surface area contributed by atoms with Crippen LogP contribution in [0.3, 0.4) is 0 Å². The number of aliphatic hydroxyl groups excluding tert-OH is 1. The number of hydrogen-bond donors (Lipinski definition) is 3. The molecule has 7 nitrogen and oxygen atoms in total. The van der Waals surface area contributed by atoms with Crippen molar-refractivity contribution in [3.63, 3.8) is 0 Å². The first-order chi connectivity index (χ1) is 18.3. The quantitative estimate of drug-likeness (QED) is 0.228. The molecule has 0 radical (unpaired) electrons. The van der Waals surface area contributed by atoms with Crippen LogP contribution in [0.4, 0.5) is 8.78 Å². The van der Waals surface area contributed by atoms with E-state index in [1.165, 1.54) is 6.07 Å². The highest BCUT2D eigenvalue weighted by molar-refractivity contribution is 9.10. The van der Waals surface area contributed by atoms with E-state index in [0.29, 0.717) is 30.2 Å². The standard InChI is InChI=1S/C28H28BrF2N3O4/c1-18-28(16-20-5-2-3-6-24(20)29,27(36)34-32-17-21-7-10-22(30)15-25(21)31)33-26(38-18)19-8-11-23(12-9-19)37-14-4-13-35/h2-3,5-12,15,18,32,35H,4,13-14,16-17H2,1H3,(H,34,36)/t18-,28-/m0/s1. The molecule has 0 bridgehead atoms. The number of carbonyl (C=O) groups is 1. The van der Waals surface area contributed by atoms with Crippen molar-refractivity contribution in [3.8, 4) is 5.75 Å². The van der Waals surface area contributed by atoms with E-state index in [0.717, 1.165) is 22.2 Å². The van der Waals surface area contributed by atoms with Crippen molar-refractivity contribution < 1.29 is 28.2 Å². The van der Waals surface area contributed by atoms with Crippen molar-refractivity contribution in [3.05, 3.63) is 99.5 Å². The minimum Gasteiger partial charge on any atom is -0.494 e. The van der Waals surface area contributed by atoms with E-state index in [1.807, 2.05) is 24.3 Å². The average molecular weight is 588 g/mol. The van der Waals surface area contributed by atoms with Crippen LogP contribution in [0.2, 0.25) is 0 Å². The Morgan fingerprint density at radius 3 is 2.61 bits per heavy atom. The number of rotatable bonds is 11. The van der Waals surface area contributed by atoms with E-state index in [-0.39, 0.29) is 25.1 Å². The van der Waals surface area contributed by atoms with Gasteiger partial charge in [-0.3, -0.25) is 10.2 Å². The zero-order chi connectivity index (χ0) is 27.1. The summed E-state index contributed by atoms with van der Waals surface area (Å²) in [7, 11) is 0. The molecule has 1 heterocycles. The van der Waals surface area contributed by atoms with E-state index >= 15 is 0 Å². The van der Waals surface area contributed by atoms with E-state index in [1.54, 1.807) is 31.2 Å². The predicted molar refractivity (Wildman–Crippen MR) is 143 cm³/mol. The number of aliphatic hydroxyl groups is 1. The number of amides is 1. The summed E-state index contributed by atoms with van der Waals surface area (Å²) in [5.74, 6) is -0.890. The van der Waals surface area contributed by atoms with Crippen LogP contribution in [0.5, 0.6) is 5.75 Å². The Bertz CT molecular complexity index is 1310. The number of hydrazine groups is 1. The van der Waals surface area contributed by atoms with Crippen LogP contribution in [0.25, 0.3) is 0 Å². The molecular weight excluding hydrogens is 560 g/mol. The maximum absolute atomic E-state index is 14.0. The SMILES string of the molecule is C[C@@H]1OC(c2ccc(OCCCO)cc2)=N[C@]1(Cc1ccccc1Br)C(=O)NNCc1ccc(F)cc1F. The number of nitrogens with one attached hydrogen (secondary N) is 2. The van der Waals surface area contributed by atoms with Crippen LogP contribution in [0.1, 0.15) is 30.0 Å². The summed E-state index contributed by atoms with van der Waals surface area (Å²) in [4.78, 5) is 18.4. The van der Waals surface area contributed by atoms with Crippen molar-refractivity contribution >= 4 is 27.7 Å². The van der Waals surface area contributed by atoms with Gasteiger partial charge in [0.05, 0.1) is 6.61 Å². The molecule has 4 rings (SSSR count). The number of carbonyl (C=O) groups excluding carboxylic acids is 1. The highest BCUT2D eigenvalue weighted by atomic mass is 79.9. The summed E-state index contributed by atoms with van der Waals surface area (Å²) in [5.41, 5.74) is 5.79. The Hall–Kier alpha value is -3.34. The Balaban J connectivity index is 1.57. The molecule has 3 aromatic rings. The summed E-state index contributed by atoms with van der Waals surface area (Å²) < 4.78 is 39.8. The number of aliphatic imine (C=N–C) groups is 1. The maximum atomic E-state index is 14.0. The number of hydrogen-bond acceptors (Lipinski definition) is 6. The fourth-order valence-electron chi connectivity index (χ4n) is 4.07. The molecule has 0 saturated carbocycles. The molecule has 1 aliphatic rings. The van der Waals surface area contributed by atoms with E-state index in [4.69, 9.17) is 19.6 Å². The summed E-state index contributed by atoms with van der Waals surface area (Å²) in [6, 6.07) is 17.9. The minimum atomic E-state index is -1.33. The van der Waals surface area contributed by atoms with Crippen molar-refractivity contribution in [1.82, 2.24) is 10.9 Å². The molecule has 3 N–H and O–H groups in total. The highest BCUT2D eigenvalue weighted by Crippen LogP contribution is 2.34. The van der Waals surface area contributed by atoms with Crippen LogP contribution in [0, 0.1) is 11.6 Å². The Labute approximate surface area is 228 Å². The number of halogens is 3. The van der Waals surface area contributed by atoms with Gasteiger partial charge in [0, 0.05) is 47.7 Å². The number of benzene rings is 3. The largest absolute Gasteiger partial charge is 0.494 e. The molecule has 1 aliphatic heterocycles. The van der Waals surface area contributed by atoms with Gasteiger partial charge < -0.3 is 14.6 Å². The van der Waals surface area contributed by atoms with Crippen LogP contribution in [-0.2, 0) is 22.5 Å². The molecule has 0 saturated heterocycles. The van der Waals surface area contributed by atoms with Crippen molar-refractivity contribution in [2.24, 2.45) is 4.99 Å². The molecule has 0 spiro atoms. The Morgan fingerprint density at radius 2 is 1.89 bits per heavy atom. The second-order valence-electron chi connectivity index (χ2n) is 8.86. The zero-order valence-electron chi connectivity index (χ0n) is 20.7. The third-order valence-electron chi connectivity index (χ3n) is 6.24. The molecular formula is C28H28BrF2N3O4. The van der Waals surface area contributed by atoms with Crippen molar-refractivity contribution in [2.45, 2.75) is 38.0 Å². The first-order valence-corrected chi connectivity index (χ1v) is 12.9. The molecule has 1 amide bonds. The first-order valence-electron chi connectivity index (χ1n) is 12.1. The fourth-order valence-corrected chi connectivity index (χ4v) is 4.49. The second-order valence-corrected chi connectivity index (χ2v) is 9.72. The van der Waals surface area contributed by atoms with Gasteiger partial charge in [-0.2, -0.15) is 0 Å². The smallest absolute Gasteiger partial charge is 0.266 e. The van der Waals surface area contributed by atoms with E-state index < -0.39 is 29.2 Å². The van der Waals surface area contributed by atoms with Gasteiger partial charge in [-0.1, -0.05) is 40.2 Å². The van der Waals surface area contributed by atoms with Gasteiger partial charge in [-0.05, 0) is 48.9 Å². The Morgan fingerprint density at radius 1 is 1.13 bits per heavy atom. The normalized spacial score (nSPS) is 18.6. The topological polar surface area (TPSA) is 92.2 Å². The van der Waals surface area contributed by atoms with Crippen LogP contribution in [0.15, 0.2) is 76.2 Å². The summed E-state index contributed by atoms with van der Waals surface area (Å²) in [5, 5.41) is 8.92. The van der Waals surface area contributed by atoms with Crippen molar-refractivity contribution in [2.75, 3.05) is 13.2 Å². The van der Waals surface area contributed by atoms with E-state index in [2.05, 4.69) is 26.8 Å². The molecule has 0 fully saturated rings. The lowest BCUT2D eigenvalue weighted by atomic mass is 9.86. The lowest BCUT2D eigenvalue weighted by Crippen LogP contribution is -2.55. The summed E-state index contributed by atoms with van der Waals surface area (Å²) >= 11 is 3.55. The monoisotopic (exact) mass is 587 g/mol. The van der Waals surface area contributed by atoms with Crippen molar-refractivity contribution in [1.29, 1.82) is 0 Å². The lowest BCUT2D eigenvalue weighted by Gasteiger charge is -2.28. The molecule has 0 aromatic heterocycles. The lowest BCUT2D eigenvalue weighted by molar-refractivity contribution is -0.129. The van der Waals surface area contributed by atoms with Gasteiger partial charge in [0.15, 0.2) is 5.54 Å². The first kappa shape index (κ1) is 27.7.